The summed E-state index contributed by atoms with van der Waals surface area (Å²) >= 11 is -0.790. The van der Waals surface area contributed by atoms with Crippen LogP contribution in [0.2, 0.25) is 0 Å². The van der Waals surface area contributed by atoms with Crippen LogP contribution < -0.4 is 10.0 Å². The Morgan fingerprint density at radius 2 is 2.10 bits per heavy atom. The first-order valence-corrected chi connectivity index (χ1v) is 12.0. The van der Waals surface area contributed by atoms with Crippen molar-refractivity contribution in [1.29, 1.82) is 0 Å². The molecule has 1 unspecified atom stereocenters. The van der Waals surface area contributed by atoms with Gasteiger partial charge in [0.1, 0.15) is 5.01 Å². The zero-order valence-corrected chi connectivity index (χ0v) is 18.6. The Morgan fingerprint density at radius 3 is 2.73 bits per heavy atom. The van der Waals surface area contributed by atoms with E-state index in [0.29, 0.717) is 18.5 Å². The monoisotopic (exact) mass is 444 g/mol. The van der Waals surface area contributed by atoms with Gasteiger partial charge in [-0.25, -0.2) is 4.98 Å². The number of hydrogen-bond acceptors (Lipinski definition) is 5. The van der Waals surface area contributed by atoms with Gasteiger partial charge in [-0.15, -0.1) is 11.3 Å². The number of anilines is 1. The van der Waals surface area contributed by atoms with Gasteiger partial charge in [-0.3, -0.25) is 9.00 Å². The Balaban J connectivity index is 1.67. The van der Waals surface area contributed by atoms with Crippen molar-refractivity contribution in [3.05, 3.63) is 69.7 Å². The number of nitrogens with zero attached hydrogens (tertiary/aromatic N) is 1. The van der Waals surface area contributed by atoms with E-state index in [0.717, 1.165) is 41.9 Å². The highest BCUT2D eigenvalue weighted by Gasteiger charge is 2.19. The van der Waals surface area contributed by atoms with E-state index in [4.69, 9.17) is 0 Å². The number of aromatic nitrogens is 1. The van der Waals surface area contributed by atoms with Crippen molar-refractivity contribution < 1.29 is 13.6 Å². The average molecular weight is 445 g/mol. The Kier molecular flexibility index (Phi) is 8.36. The summed E-state index contributed by atoms with van der Waals surface area (Å²) in [5, 5.41) is 6.07. The number of aryl methyl sites for hydroxylation is 1. The molecule has 1 aliphatic carbocycles. The molecule has 1 aliphatic rings. The fraction of sp³-hybridized carbons (Fsp3) is 0.364. The third-order valence-electron chi connectivity index (χ3n) is 4.87. The Bertz CT molecular complexity index is 935. The van der Waals surface area contributed by atoms with Crippen molar-refractivity contribution in [2.75, 3.05) is 4.72 Å². The van der Waals surface area contributed by atoms with Gasteiger partial charge in [0, 0.05) is 28.8 Å². The second-order valence-corrected chi connectivity index (χ2v) is 8.71. The molecule has 2 N–H and O–H groups in total. The summed E-state index contributed by atoms with van der Waals surface area (Å²) in [5.41, 5.74) is 3.73. The van der Waals surface area contributed by atoms with Crippen molar-refractivity contribution in [2.45, 2.75) is 51.5 Å². The van der Waals surface area contributed by atoms with E-state index in [-0.39, 0.29) is 11.9 Å². The molecule has 30 heavy (non-hydrogen) atoms. The van der Waals surface area contributed by atoms with Crippen molar-refractivity contribution in [3.63, 3.8) is 0 Å². The molecule has 0 aliphatic heterocycles. The average Bonchev–Trinajstić information content (AvgIpc) is 3.23. The number of hydrogen-bond donors (Lipinski definition) is 2. The number of carbonyl (C=O) groups is 1. The number of nitrogens with one attached hydrogen (secondary N) is 2. The number of allylic oxidation sites excluding steroid dienone is 4. The van der Waals surface area contributed by atoms with E-state index in [1.807, 2.05) is 17.5 Å². The van der Waals surface area contributed by atoms with Crippen molar-refractivity contribution in [2.24, 2.45) is 0 Å². The lowest BCUT2D eigenvalue weighted by molar-refractivity contribution is -0.121. The van der Waals surface area contributed by atoms with Crippen LogP contribution in [0.4, 0.5) is 5.69 Å². The highest BCUT2D eigenvalue weighted by molar-refractivity contribution is 7.80. The van der Waals surface area contributed by atoms with Crippen molar-refractivity contribution >= 4 is 34.2 Å². The fourth-order valence-corrected chi connectivity index (χ4v) is 4.54. The van der Waals surface area contributed by atoms with Gasteiger partial charge in [-0.05, 0) is 49.8 Å². The molecule has 1 amide bonds. The van der Waals surface area contributed by atoms with Crippen LogP contribution in [0.25, 0.3) is 0 Å². The van der Waals surface area contributed by atoms with E-state index in [1.165, 1.54) is 5.57 Å². The summed E-state index contributed by atoms with van der Waals surface area (Å²) in [6.07, 6.45) is 11.2. The molecule has 160 valence electrons. The second kappa shape index (κ2) is 11.2. The third kappa shape index (κ3) is 6.90. The molecular formula is C22H26N3O3S2-. The minimum Gasteiger partial charge on any atom is -0.755 e. The van der Waals surface area contributed by atoms with E-state index >= 15 is 0 Å². The number of thiazole rings is 1. The maximum atomic E-state index is 12.6. The van der Waals surface area contributed by atoms with Gasteiger partial charge in [0.25, 0.3) is 0 Å². The summed E-state index contributed by atoms with van der Waals surface area (Å²) in [4.78, 5) is 17.3. The molecule has 3 rings (SSSR count). The van der Waals surface area contributed by atoms with Gasteiger partial charge in [0.15, 0.2) is 0 Å². The highest BCUT2D eigenvalue weighted by Crippen LogP contribution is 2.24. The predicted molar refractivity (Wildman–Crippen MR) is 121 cm³/mol. The molecule has 0 spiro atoms. The lowest BCUT2D eigenvalue weighted by Crippen LogP contribution is -2.29. The lowest BCUT2D eigenvalue weighted by atomic mass is 10.0. The molecule has 1 heterocycles. The Labute approximate surface area is 183 Å². The van der Waals surface area contributed by atoms with Crippen LogP contribution in [0.1, 0.15) is 54.9 Å². The molecule has 0 saturated heterocycles. The predicted octanol–water partition coefficient (Wildman–Crippen LogP) is 4.37. The van der Waals surface area contributed by atoms with Gasteiger partial charge in [0.2, 0.25) is 5.91 Å². The normalized spacial score (nSPS) is 15.3. The van der Waals surface area contributed by atoms with Crippen molar-refractivity contribution in [1.82, 2.24) is 10.3 Å². The minimum atomic E-state index is -2.35. The first-order valence-electron chi connectivity index (χ1n) is 10.1. The molecule has 8 heteroatoms. The summed E-state index contributed by atoms with van der Waals surface area (Å²) in [7, 11) is 0. The second-order valence-electron chi connectivity index (χ2n) is 7.15. The third-order valence-corrected chi connectivity index (χ3v) is 6.28. The van der Waals surface area contributed by atoms with Gasteiger partial charge < -0.3 is 14.6 Å². The summed E-state index contributed by atoms with van der Waals surface area (Å²) in [6, 6.07) is 6.93. The summed E-state index contributed by atoms with van der Waals surface area (Å²) < 4.78 is 23.9. The molecule has 2 atom stereocenters. The van der Waals surface area contributed by atoms with Gasteiger partial charge in [0.05, 0.1) is 11.7 Å². The smallest absolute Gasteiger partial charge is 0.220 e. The number of rotatable bonds is 10. The fourth-order valence-electron chi connectivity index (χ4n) is 3.26. The van der Waals surface area contributed by atoms with Crippen LogP contribution in [0.5, 0.6) is 0 Å². The largest absolute Gasteiger partial charge is 0.755 e. The topological polar surface area (TPSA) is 94.1 Å². The Morgan fingerprint density at radius 1 is 1.30 bits per heavy atom. The van der Waals surface area contributed by atoms with Gasteiger partial charge in [-0.2, -0.15) is 0 Å². The summed E-state index contributed by atoms with van der Waals surface area (Å²) in [6.45, 7) is 2.06. The zero-order valence-electron chi connectivity index (χ0n) is 16.9. The van der Waals surface area contributed by atoms with Gasteiger partial charge in [-0.1, -0.05) is 42.9 Å². The number of carbonyl (C=O) groups excluding carboxylic acids is 1. The first kappa shape index (κ1) is 22.4. The zero-order chi connectivity index (χ0) is 21.3. The first-order chi connectivity index (χ1) is 14.5. The van der Waals surface area contributed by atoms with E-state index in [9.17, 15) is 13.6 Å². The molecule has 1 aromatic heterocycles. The molecule has 6 nitrogen and oxygen atoms in total. The quantitative estimate of drug-likeness (QED) is 0.532. The molecule has 0 radical (unpaired) electrons. The molecule has 0 fully saturated rings. The molecule has 0 saturated carbocycles. The van der Waals surface area contributed by atoms with Crippen LogP contribution in [0.3, 0.4) is 0 Å². The van der Waals surface area contributed by atoms with E-state index in [2.05, 4.69) is 40.2 Å². The molecule has 2 aromatic rings. The SMILES string of the molecule is CCc1csc([C@H](Cc2ccc(NS(=O)[O-])cc2)NC(=O)CCC2=CCCC=C2)n1. The standard InChI is InChI=1S/C22H27N3O3S2/c1-2-18-15-29-22(23-18)20(14-17-8-11-19(12-9-17)25-30(27)28)24-21(26)13-10-16-6-4-3-5-7-16/h4,6-9,11-12,15,20,25H,2-3,5,10,13-14H2,1H3,(H,24,26)(H,27,28)/p-1/t20-/m0/s1. The Hall–Kier alpha value is -2.29. The summed E-state index contributed by atoms with van der Waals surface area (Å²) in [5.74, 6) is 0.00756. The maximum Gasteiger partial charge on any atom is 0.220 e. The van der Waals surface area contributed by atoms with Crippen LogP contribution in [-0.4, -0.2) is 19.7 Å². The van der Waals surface area contributed by atoms with E-state index in [1.54, 1.807) is 23.5 Å². The van der Waals surface area contributed by atoms with Crippen molar-refractivity contribution in [3.8, 4) is 0 Å². The molecule has 1 aromatic carbocycles. The van der Waals surface area contributed by atoms with Gasteiger partial charge >= 0.3 is 0 Å². The highest BCUT2D eigenvalue weighted by atomic mass is 32.2. The molecular weight excluding hydrogens is 418 g/mol. The van der Waals surface area contributed by atoms with Crippen LogP contribution in [0, 0.1) is 0 Å². The van der Waals surface area contributed by atoms with E-state index < -0.39 is 11.3 Å². The van der Waals surface area contributed by atoms with Crippen LogP contribution in [0.15, 0.2) is 53.4 Å². The van der Waals surface area contributed by atoms with Crippen LogP contribution in [-0.2, 0) is 28.9 Å². The number of amides is 1. The van der Waals surface area contributed by atoms with Crippen LogP contribution >= 0.6 is 11.3 Å². The maximum absolute atomic E-state index is 12.6. The molecule has 0 bridgehead atoms. The minimum absolute atomic E-state index is 0.00756. The number of benzene rings is 1. The lowest BCUT2D eigenvalue weighted by Gasteiger charge is -2.18.